The molecule has 0 unspecified atom stereocenters. The average molecular weight is 209 g/mol. The maximum atomic E-state index is 11.5. The molecule has 1 aliphatic carbocycles. The molecule has 1 heterocycles. The molecular formula is C10H15N3O2. The van der Waals surface area contributed by atoms with Crippen LogP contribution in [0.5, 0.6) is 0 Å². The van der Waals surface area contributed by atoms with E-state index in [2.05, 4.69) is 10.6 Å². The summed E-state index contributed by atoms with van der Waals surface area (Å²) in [6, 6.07) is 1.66. The minimum absolute atomic E-state index is 0.178. The largest absolute Gasteiger partial charge is 0.295 e. The second-order valence-electron chi connectivity index (χ2n) is 3.83. The molecule has 0 bridgehead atoms. The predicted octanol–water partition coefficient (Wildman–Crippen LogP) is 1.02. The van der Waals surface area contributed by atoms with Crippen molar-refractivity contribution < 1.29 is 9.63 Å². The van der Waals surface area contributed by atoms with E-state index in [1.54, 1.807) is 24.0 Å². The van der Waals surface area contributed by atoms with Crippen molar-refractivity contribution >= 4 is 5.91 Å². The van der Waals surface area contributed by atoms with Gasteiger partial charge in [0.05, 0.1) is 6.10 Å². The van der Waals surface area contributed by atoms with Crippen molar-refractivity contribution in [3.63, 3.8) is 0 Å². The molecule has 1 aromatic rings. The molecule has 1 aliphatic rings. The summed E-state index contributed by atoms with van der Waals surface area (Å²) in [6.45, 7) is 0. The number of carbonyl (C=O) groups is 1. The zero-order valence-corrected chi connectivity index (χ0v) is 8.77. The topological polar surface area (TPSA) is 56.2 Å². The summed E-state index contributed by atoms with van der Waals surface area (Å²) in [7, 11) is 1.77. The zero-order chi connectivity index (χ0) is 10.7. The minimum atomic E-state index is -0.275. The van der Waals surface area contributed by atoms with E-state index >= 15 is 0 Å². The standard InChI is InChI=1S/C10H15N3O2/c1-13-7-6-9(11-13)10(14)12-15-8-4-2-3-5-8/h6-8H,2-5H2,1H3,(H,12,14). The molecule has 1 amide bonds. The minimum Gasteiger partial charge on any atom is -0.275 e. The van der Waals surface area contributed by atoms with Gasteiger partial charge in [-0.1, -0.05) is 12.8 Å². The molecule has 0 saturated heterocycles. The Morgan fingerprint density at radius 1 is 1.60 bits per heavy atom. The summed E-state index contributed by atoms with van der Waals surface area (Å²) in [6.07, 6.45) is 6.33. The molecule has 2 rings (SSSR count). The van der Waals surface area contributed by atoms with Gasteiger partial charge in [0.25, 0.3) is 5.91 Å². The van der Waals surface area contributed by atoms with Gasteiger partial charge in [0, 0.05) is 13.2 Å². The Kier molecular flexibility index (Phi) is 3.01. The molecule has 1 saturated carbocycles. The van der Waals surface area contributed by atoms with Gasteiger partial charge in [-0.05, 0) is 18.9 Å². The summed E-state index contributed by atoms with van der Waals surface area (Å²) >= 11 is 0. The van der Waals surface area contributed by atoms with Crippen molar-refractivity contribution in [1.82, 2.24) is 15.3 Å². The third-order valence-electron chi connectivity index (χ3n) is 2.57. The van der Waals surface area contributed by atoms with Crippen LogP contribution in [0.4, 0.5) is 0 Å². The van der Waals surface area contributed by atoms with E-state index in [-0.39, 0.29) is 12.0 Å². The molecule has 1 fully saturated rings. The first-order valence-corrected chi connectivity index (χ1v) is 5.21. The van der Waals surface area contributed by atoms with Crippen LogP contribution in [0, 0.1) is 0 Å². The highest BCUT2D eigenvalue weighted by Gasteiger charge is 2.17. The third kappa shape index (κ3) is 2.56. The monoisotopic (exact) mass is 209 g/mol. The summed E-state index contributed by atoms with van der Waals surface area (Å²) < 4.78 is 1.59. The summed E-state index contributed by atoms with van der Waals surface area (Å²) in [5, 5.41) is 3.98. The Bertz CT molecular complexity index is 342. The zero-order valence-electron chi connectivity index (χ0n) is 8.77. The van der Waals surface area contributed by atoms with Crippen LogP contribution < -0.4 is 5.48 Å². The molecule has 15 heavy (non-hydrogen) atoms. The van der Waals surface area contributed by atoms with Crippen LogP contribution in [0.15, 0.2) is 12.3 Å². The van der Waals surface area contributed by atoms with E-state index in [9.17, 15) is 4.79 Å². The molecule has 0 aromatic carbocycles. The number of amides is 1. The molecule has 0 aliphatic heterocycles. The highest BCUT2D eigenvalue weighted by Crippen LogP contribution is 2.19. The van der Waals surface area contributed by atoms with Crippen LogP contribution in [0.25, 0.3) is 0 Å². The summed E-state index contributed by atoms with van der Waals surface area (Å²) in [5.74, 6) is -0.275. The molecule has 0 spiro atoms. The van der Waals surface area contributed by atoms with Gasteiger partial charge in [0.1, 0.15) is 0 Å². The first kappa shape index (κ1) is 10.2. The number of hydroxylamine groups is 1. The normalized spacial score (nSPS) is 16.9. The number of hydrogen-bond acceptors (Lipinski definition) is 3. The lowest BCUT2D eigenvalue weighted by Gasteiger charge is -2.09. The number of nitrogens with zero attached hydrogens (tertiary/aromatic N) is 2. The quantitative estimate of drug-likeness (QED) is 0.756. The van der Waals surface area contributed by atoms with Crippen LogP contribution in [0.3, 0.4) is 0 Å². The molecule has 1 N–H and O–H groups in total. The summed E-state index contributed by atoms with van der Waals surface area (Å²) in [5.41, 5.74) is 2.82. The van der Waals surface area contributed by atoms with Crippen LogP contribution in [0.2, 0.25) is 0 Å². The molecule has 0 radical (unpaired) electrons. The van der Waals surface area contributed by atoms with Gasteiger partial charge in [-0.3, -0.25) is 14.3 Å². The fourth-order valence-electron chi connectivity index (χ4n) is 1.73. The number of carbonyl (C=O) groups excluding carboxylic acids is 1. The Morgan fingerprint density at radius 2 is 2.33 bits per heavy atom. The highest BCUT2D eigenvalue weighted by molar-refractivity contribution is 5.91. The number of hydrogen-bond donors (Lipinski definition) is 1. The first-order valence-electron chi connectivity index (χ1n) is 5.21. The molecule has 5 heteroatoms. The fraction of sp³-hybridized carbons (Fsp3) is 0.600. The second-order valence-corrected chi connectivity index (χ2v) is 3.83. The lowest BCUT2D eigenvalue weighted by Crippen LogP contribution is -2.28. The number of rotatable bonds is 3. The molecule has 0 atom stereocenters. The van der Waals surface area contributed by atoms with E-state index < -0.39 is 0 Å². The predicted molar refractivity (Wildman–Crippen MR) is 54.0 cm³/mol. The van der Waals surface area contributed by atoms with Crippen molar-refractivity contribution in [1.29, 1.82) is 0 Å². The molecular weight excluding hydrogens is 194 g/mol. The Morgan fingerprint density at radius 3 is 2.93 bits per heavy atom. The summed E-state index contributed by atoms with van der Waals surface area (Å²) in [4.78, 5) is 16.8. The van der Waals surface area contributed by atoms with E-state index in [0.717, 1.165) is 12.8 Å². The second kappa shape index (κ2) is 4.44. The molecule has 82 valence electrons. The lowest BCUT2D eigenvalue weighted by atomic mass is 10.3. The smallest absolute Gasteiger partial charge is 0.275 e. The van der Waals surface area contributed by atoms with E-state index in [1.165, 1.54) is 12.8 Å². The van der Waals surface area contributed by atoms with Crippen LogP contribution in [-0.4, -0.2) is 21.8 Å². The number of aryl methyl sites for hydroxylation is 1. The maximum Gasteiger partial charge on any atom is 0.295 e. The Hall–Kier alpha value is -1.36. The maximum absolute atomic E-state index is 11.5. The Balaban J connectivity index is 1.81. The van der Waals surface area contributed by atoms with Crippen molar-refractivity contribution in [2.24, 2.45) is 7.05 Å². The molecule has 5 nitrogen and oxygen atoms in total. The van der Waals surface area contributed by atoms with Gasteiger partial charge in [-0.15, -0.1) is 0 Å². The highest BCUT2D eigenvalue weighted by atomic mass is 16.7. The number of aromatic nitrogens is 2. The van der Waals surface area contributed by atoms with Crippen molar-refractivity contribution in [2.75, 3.05) is 0 Å². The molecule has 1 aromatic heterocycles. The lowest BCUT2D eigenvalue weighted by molar-refractivity contribution is -0.0128. The van der Waals surface area contributed by atoms with Crippen molar-refractivity contribution in [2.45, 2.75) is 31.8 Å². The van der Waals surface area contributed by atoms with E-state index in [1.807, 2.05) is 0 Å². The van der Waals surface area contributed by atoms with Crippen LogP contribution >= 0.6 is 0 Å². The van der Waals surface area contributed by atoms with Crippen molar-refractivity contribution in [3.8, 4) is 0 Å². The Labute approximate surface area is 88.4 Å². The van der Waals surface area contributed by atoms with Gasteiger partial charge >= 0.3 is 0 Å². The SMILES string of the molecule is Cn1ccc(C(=O)NOC2CCCC2)n1. The third-order valence-corrected chi connectivity index (χ3v) is 2.57. The van der Waals surface area contributed by atoms with Crippen LogP contribution in [0.1, 0.15) is 36.2 Å². The van der Waals surface area contributed by atoms with Gasteiger partial charge in [-0.25, -0.2) is 5.48 Å². The van der Waals surface area contributed by atoms with Gasteiger partial charge in [0.15, 0.2) is 5.69 Å². The van der Waals surface area contributed by atoms with Gasteiger partial charge < -0.3 is 0 Å². The van der Waals surface area contributed by atoms with Crippen LogP contribution in [-0.2, 0) is 11.9 Å². The first-order chi connectivity index (χ1) is 7.25. The van der Waals surface area contributed by atoms with Gasteiger partial charge in [-0.2, -0.15) is 5.10 Å². The average Bonchev–Trinajstić information content (AvgIpc) is 2.84. The van der Waals surface area contributed by atoms with Crippen molar-refractivity contribution in [3.05, 3.63) is 18.0 Å². The fourth-order valence-corrected chi connectivity index (χ4v) is 1.73. The van der Waals surface area contributed by atoms with E-state index in [0.29, 0.717) is 5.69 Å². The number of nitrogens with one attached hydrogen (secondary N) is 1. The van der Waals surface area contributed by atoms with Gasteiger partial charge in [0.2, 0.25) is 0 Å². The van der Waals surface area contributed by atoms with E-state index in [4.69, 9.17) is 4.84 Å².